The maximum Gasteiger partial charge on any atom is 0.140 e. The molecular weight excluding hydrogens is 275 g/mol. The van der Waals surface area contributed by atoms with Crippen molar-refractivity contribution in [3.05, 3.63) is 21.8 Å². The van der Waals surface area contributed by atoms with Gasteiger partial charge in [0.15, 0.2) is 0 Å². The molecule has 1 rings (SSSR count). The van der Waals surface area contributed by atoms with Crippen LogP contribution >= 0.6 is 27.5 Å². The van der Waals surface area contributed by atoms with Crippen molar-refractivity contribution in [2.45, 2.75) is 39.2 Å². The summed E-state index contributed by atoms with van der Waals surface area (Å²) in [6.07, 6.45) is 5.10. The Balaban J connectivity index is 2.70. The number of anilines is 1. The SMILES string of the molecule is CCCC(CC)Nc1ncc(Cl)cc1Br. The van der Waals surface area contributed by atoms with Gasteiger partial charge in [0, 0.05) is 12.2 Å². The highest BCUT2D eigenvalue weighted by Gasteiger charge is 2.08. The standard InChI is InChI=1S/C11H16BrClN2/c1-3-5-9(4-2)15-11-10(12)6-8(13)7-14-11/h6-7,9H,3-5H2,1-2H3,(H,14,15). The van der Waals surface area contributed by atoms with Crippen molar-refractivity contribution in [2.24, 2.45) is 0 Å². The minimum atomic E-state index is 0.486. The Kier molecular flexibility index (Phi) is 5.40. The smallest absolute Gasteiger partial charge is 0.140 e. The molecule has 1 unspecified atom stereocenters. The molecule has 1 atom stereocenters. The van der Waals surface area contributed by atoms with E-state index in [9.17, 15) is 0 Å². The van der Waals surface area contributed by atoms with Gasteiger partial charge in [-0.15, -0.1) is 0 Å². The molecule has 4 heteroatoms. The zero-order valence-corrected chi connectivity index (χ0v) is 11.4. The molecule has 1 N–H and O–H groups in total. The van der Waals surface area contributed by atoms with Crippen molar-refractivity contribution in [3.63, 3.8) is 0 Å². The van der Waals surface area contributed by atoms with Gasteiger partial charge < -0.3 is 5.32 Å². The third-order valence-corrected chi connectivity index (χ3v) is 3.09. The molecule has 0 saturated heterocycles. The van der Waals surface area contributed by atoms with Crippen LogP contribution < -0.4 is 5.32 Å². The van der Waals surface area contributed by atoms with Gasteiger partial charge in [0.1, 0.15) is 5.82 Å². The summed E-state index contributed by atoms with van der Waals surface area (Å²) >= 11 is 9.27. The Morgan fingerprint density at radius 3 is 2.80 bits per heavy atom. The van der Waals surface area contributed by atoms with Crippen molar-refractivity contribution in [2.75, 3.05) is 5.32 Å². The maximum atomic E-state index is 5.83. The molecule has 0 spiro atoms. The highest BCUT2D eigenvalue weighted by molar-refractivity contribution is 9.10. The normalized spacial score (nSPS) is 12.5. The van der Waals surface area contributed by atoms with Gasteiger partial charge in [0.25, 0.3) is 0 Å². The Morgan fingerprint density at radius 1 is 1.53 bits per heavy atom. The third kappa shape index (κ3) is 3.99. The number of aromatic nitrogens is 1. The highest BCUT2D eigenvalue weighted by atomic mass is 79.9. The molecule has 0 aliphatic rings. The van der Waals surface area contributed by atoms with E-state index in [2.05, 4.69) is 40.1 Å². The van der Waals surface area contributed by atoms with Crippen LogP contribution in [0.2, 0.25) is 5.02 Å². The predicted molar refractivity (Wildman–Crippen MR) is 69.6 cm³/mol. The van der Waals surface area contributed by atoms with Gasteiger partial charge >= 0.3 is 0 Å². The predicted octanol–water partition coefficient (Wildman–Crippen LogP) is 4.49. The molecule has 1 aromatic rings. The molecule has 84 valence electrons. The van der Waals surface area contributed by atoms with E-state index in [4.69, 9.17) is 11.6 Å². The minimum Gasteiger partial charge on any atom is -0.366 e. The summed E-state index contributed by atoms with van der Waals surface area (Å²) in [6, 6.07) is 2.34. The second-order valence-electron chi connectivity index (χ2n) is 3.52. The lowest BCUT2D eigenvalue weighted by atomic mass is 10.1. The van der Waals surface area contributed by atoms with E-state index < -0.39 is 0 Å². The summed E-state index contributed by atoms with van der Waals surface area (Å²) in [4.78, 5) is 4.26. The molecule has 1 heterocycles. The number of nitrogens with zero attached hydrogens (tertiary/aromatic N) is 1. The summed E-state index contributed by atoms with van der Waals surface area (Å²) in [5, 5.41) is 4.06. The molecule has 0 amide bonds. The molecule has 15 heavy (non-hydrogen) atoms. The topological polar surface area (TPSA) is 24.9 Å². The van der Waals surface area contributed by atoms with E-state index in [-0.39, 0.29) is 0 Å². The molecule has 0 aromatic carbocycles. The molecule has 0 radical (unpaired) electrons. The lowest BCUT2D eigenvalue weighted by Gasteiger charge is -2.17. The molecular formula is C11H16BrClN2. The van der Waals surface area contributed by atoms with Gasteiger partial charge in [0.2, 0.25) is 0 Å². The first-order chi connectivity index (χ1) is 7.17. The van der Waals surface area contributed by atoms with Crippen molar-refractivity contribution < 1.29 is 0 Å². The molecule has 2 nitrogen and oxygen atoms in total. The second kappa shape index (κ2) is 6.33. The first-order valence-corrected chi connectivity index (χ1v) is 6.42. The van der Waals surface area contributed by atoms with Crippen LogP contribution in [0.4, 0.5) is 5.82 Å². The Hall–Kier alpha value is -0.280. The van der Waals surface area contributed by atoms with Gasteiger partial charge in [-0.3, -0.25) is 0 Å². The zero-order chi connectivity index (χ0) is 11.3. The first kappa shape index (κ1) is 12.8. The number of hydrogen-bond acceptors (Lipinski definition) is 2. The first-order valence-electron chi connectivity index (χ1n) is 5.25. The quantitative estimate of drug-likeness (QED) is 0.864. The van der Waals surface area contributed by atoms with Crippen LogP contribution in [0.5, 0.6) is 0 Å². The van der Waals surface area contributed by atoms with Gasteiger partial charge in [-0.05, 0) is 34.8 Å². The van der Waals surface area contributed by atoms with Gasteiger partial charge in [-0.25, -0.2) is 4.98 Å². The zero-order valence-electron chi connectivity index (χ0n) is 9.06. The van der Waals surface area contributed by atoms with Crippen LogP contribution in [0.25, 0.3) is 0 Å². The largest absolute Gasteiger partial charge is 0.366 e. The fourth-order valence-corrected chi connectivity index (χ4v) is 2.19. The maximum absolute atomic E-state index is 5.83. The number of halogens is 2. The Labute approximate surface area is 105 Å². The van der Waals surface area contributed by atoms with Crippen molar-refractivity contribution in [3.8, 4) is 0 Å². The molecule has 1 aromatic heterocycles. The van der Waals surface area contributed by atoms with Crippen molar-refractivity contribution in [1.29, 1.82) is 0 Å². The van der Waals surface area contributed by atoms with Crippen LogP contribution in [0.1, 0.15) is 33.1 Å². The van der Waals surface area contributed by atoms with Crippen LogP contribution in [-0.2, 0) is 0 Å². The lowest BCUT2D eigenvalue weighted by Crippen LogP contribution is -2.19. The van der Waals surface area contributed by atoms with E-state index in [1.807, 2.05) is 6.07 Å². The summed E-state index contributed by atoms with van der Waals surface area (Å²) in [6.45, 7) is 4.37. The summed E-state index contributed by atoms with van der Waals surface area (Å²) in [7, 11) is 0. The van der Waals surface area contributed by atoms with Gasteiger partial charge in [-0.1, -0.05) is 31.9 Å². The monoisotopic (exact) mass is 290 g/mol. The summed E-state index contributed by atoms with van der Waals surface area (Å²) in [5.74, 6) is 0.875. The molecule has 0 saturated carbocycles. The second-order valence-corrected chi connectivity index (χ2v) is 4.81. The van der Waals surface area contributed by atoms with E-state index in [0.717, 1.165) is 23.1 Å². The molecule has 0 aliphatic heterocycles. The lowest BCUT2D eigenvalue weighted by molar-refractivity contribution is 0.620. The van der Waals surface area contributed by atoms with Gasteiger partial charge in [0.05, 0.1) is 9.50 Å². The van der Waals surface area contributed by atoms with Gasteiger partial charge in [-0.2, -0.15) is 0 Å². The summed E-state index contributed by atoms with van der Waals surface area (Å²) in [5.41, 5.74) is 0. The number of hydrogen-bond donors (Lipinski definition) is 1. The third-order valence-electron chi connectivity index (χ3n) is 2.28. The van der Waals surface area contributed by atoms with Crippen LogP contribution in [-0.4, -0.2) is 11.0 Å². The summed E-state index contributed by atoms with van der Waals surface area (Å²) < 4.78 is 0.921. The van der Waals surface area contributed by atoms with Crippen LogP contribution in [0.15, 0.2) is 16.7 Å². The van der Waals surface area contributed by atoms with Crippen LogP contribution in [0.3, 0.4) is 0 Å². The highest BCUT2D eigenvalue weighted by Crippen LogP contribution is 2.24. The average Bonchev–Trinajstić information content (AvgIpc) is 2.21. The molecule has 0 aliphatic carbocycles. The molecule has 0 fully saturated rings. The van der Waals surface area contributed by atoms with E-state index >= 15 is 0 Å². The van der Waals surface area contributed by atoms with Crippen molar-refractivity contribution >= 4 is 33.3 Å². The van der Waals surface area contributed by atoms with Crippen molar-refractivity contribution in [1.82, 2.24) is 4.98 Å². The number of rotatable bonds is 5. The minimum absolute atomic E-state index is 0.486. The fourth-order valence-electron chi connectivity index (χ4n) is 1.44. The Morgan fingerprint density at radius 2 is 2.27 bits per heavy atom. The molecule has 0 bridgehead atoms. The van der Waals surface area contributed by atoms with E-state index in [1.54, 1.807) is 6.20 Å². The Bertz CT molecular complexity index is 317. The fraction of sp³-hybridized carbons (Fsp3) is 0.545. The van der Waals surface area contributed by atoms with E-state index in [0.29, 0.717) is 11.1 Å². The number of nitrogens with one attached hydrogen (secondary N) is 1. The van der Waals surface area contributed by atoms with E-state index in [1.165, 1.54) is 6.42 Å². The average molecular weight is 292 g/mol. The van der Waals surface area contributed by atoms with Crippen LogP contribution in [0, 0.1) is 0 Å². The number of pyridine rings is 1.